The average Bonchev–Trinajstić information content (AvgIpc) is 2.67. The first kappa shape index (κ1) is 21.9. The van der Waals surface area contributed by atoms with Crippen LogP contribution in [0.1, 0.15) is 25.3 Å². The lowest BCUT2D eigenvalue weighted by Gasteiger charge is -2.41. The van der Waals surface area contributed by atoms with E-state index in [0.29, 0.717) is 19.5 Å². The number of nitrogens with one attached hydrogen (secondary N) is 1. The van der Waals surface area contributed by atoms with E-state index < -0.39 is 11.6 Å². The van der Waals surface area contributed by atoms with Crippen LogP contribution in [0.3, 0.4) is 0 Å². The van der Waals surface area contributed by atoms with Crippen LogP contribution in [0.2, 0.25) is 0 Å². The molecule has 1 aliphatic heterocycles. The lowest BCUT2D eigenvalue weighted by Crippen LogP contribution is -2.50. The van der Waals surface area contributed by atoms with Crippen molar-refractivity contribution in [2.24, 2.45) is 5.41 Å². The molecule has 0 radical (unpaired) electrons. The number of halogens is 3. The Hall–Kier alpha value is -2.78. The van der Waals surface area contributed by atoms with Crippen molar-refractivity contribution in [1.82, 2.24) is 15.0 Å². The van der Waals surface area contributed by atoms with Gasteiger partial charge < -0.3 is 20.9 Å². The number of rotatable bonds is 6. The van der Waals surface area contributed by atoms with E-state index in [4.69, 9.17) is 5.73 Å². The van der Waals surface area contributed by atoms with Crippen LogP contribution in [-0.4, -0.2) is 54.9 Å². The predicted octanol–water partition coefficient (Wildman–Crippen LogP) is 3.34. The van der Waals surface area contributed by atoms with E-state index in [9.17, 15) is 13.2 Å². The smallest absolute Gasteiger partial charge is 0.378 e. The second kappa shape index (κ2) is 8.53. The summed E-state index contributed by atoms with van der Waals surface area (Å²) in [6.07, 6.45) is -3.05. The minimum absolute atomic E-state index is 0.0166. The van der Waals surface area contributed by atoms with E-state index in [1.165, 1.54) is 6.92 Å². The largest absolute Gasteiger partial charge is 0.395 e. The van der Waals surface area contributed by atoms with Crippen molar-refractivity contribution in [3.8, 4) is 0 Å². The van der Waals surface area contributed by atoms with E-state index in [1.807, 2.05) is 31.1 Å². The van der Waals surface area contributed by atoms with Crippen molar-refractivity contribution in [2.45, 2.75) is 32.4 Å². The third-order valence-corrected chi connectivity index (χ3v) is 5.45. The molecule has 3 rings (SSSR count). The Labute approximate surface area is 174 Å². The first-order valence-corrected chi connectivity index (χ1v) is 9.91. The molecule has 2 aromatic rings. The number of nitrogen functional groups attached to an aromatic ring is 1. The van der Waals surface area contributed by atoms with Gasteiger partial charge >= 0.3 is 6.18 Å². The van der Waals surface area contributed by atoms with Gasteiger partial charge in [0.2, 0.25) is 17.8 Å². The maximum atomic E-state index is 13.5. The van der Waals surface area contributed by atoms with Crippen molar-refractivity contribution in [2.75, 3.05) is 54.6 Å². The van der Waals surface area contributed by atoms with Gasteiger partial charge in [-0.15, -0.1) is 0 Å². The Morgan fingerprint density at radius 1 is 1.17 bits per heavy atom. The summed E-state index contributed by atoms with van der Waals surface area (Å²) >= 11 is 0. The molecule has 3 N–H and O–H groups in total. The van der Waals surface area contributed by atoms with Gasteiger partial charge in [0.25, 0.3) is 0 Å². The van der Waals surface area contributed by atoms with Crippen LogP contribution in [0.4, 0.5) is 36.7 Å². The molecule has 0 bridgehead atoms. The average molecular weight is 423 g/mol. The summed E-state index contributed by atoms with van der Waals surface area (Å²) < 4.78 is 40.4. The van der Waals surface area contributed by atoms with Gasteiger partial charge in [-0.25, -0.2) is 0 Å². The molecule has 1 aromatic heterocycles. The highest BCUT2D eigenvalue weighted by molar-refractivity contribution is 5.46. The summed E-state index contributed by atoms with van der Waals surface area (Å²) in [5, 5.41) is 3.10. The summed E-state index contributed by atoms with van der Waals surface area (Å²) in [4.78, 5) is 16.0. The quantitative estimate of drug-likeness (QED) is 0.737. The third kappa shape index (κ3) is 5.03. The maximum absolute atomic E-state index is 13.5. The van der Waals surface area contributed by atoms with Crippen LogP contribution in [-0.2, 0) is 6.42 Å². The molecule has 1 fully saturated rings. The molecule has 0 aliphatic carbocycles. The minimum atomic E-state index is -4.28. The van der Waals surface area contributed by atoms with Gasteiger partial charge in [0.15, 0.2) is 0 Å². The Morgan fingerprint density at radius 2 is 1.87 bits per heavy atom. The van der Waals surface area contributed by atoms with E-state index in [1.54, 1.807) is 4.90 Å². The molecular weight excluding hydrogens is 395 g/mol. The van der Waals surface area contributed by atoms with E-state index in [0.717, 1.165) is 17.7 Å². The zero-order valence-electron chi connectivity index (χ0n) is 17.5. The molecule has 1 aromatic carbocycles. The molecular formula is C20H28F3N7. The zero-order valence-corrected chi connectivity index (χ0v) is 17.5. The van der Waals surface area contributed by atoms with Gasteiger partial charge in [0.05, 0.1) is 5.41 Å². The fraction of sp³-hybridized carbons (Fsp3) is 0.550. The summed E-state index contributed by atoms with van der Waals surface area (Å²) in [6.45, 7) is 2.05. The first-order valence-electron chi connectivity index (χ1n) is 9.91. The van der Waals surface area contributed by atoms with Crippen molar-refractivity contribution < 1.29 is 13.2 Å². The number of hydrogen-bond acceptors (Lipinski definition) is 7. The number of alkyl halides is 3. The molecule has 0 saturated carbocycles. The van der Waals surface area contributed by atoms with Crippen LogP contribution >= 0.6 is 0 Å². The van der Waals surface area contributed by atoms with E-state index >= 15 is 0 Å². The molecule has 1 saturated heterocycles. The SMILES string of the molecule is CN(C)c1ccc(CCNc2nc(N)nc(N3CCCC(C)(C(F)(F)F)C3)n2)cc1. The summed E-state index contributed by atoms with van der Waals surface area (Å²) in [7, 11) is 3.97. The van der Waals surface area contributed by atoms with Gasteiger partial charge in [-0.1, -0.05) is 12.1 Å². The van der Waals surface area contributed by atoms with Crippen LogP contribution in [0.25, 0.3) is 0 Å². The van der Waals surface area contributed by atoms with Gasteiger partial charge in [-0.3, -0.25) is 0 Å². The normalized spacial score (nSPS) is 19.6. The number of nitrogens with zero attached hydrogens (tertiary/aromatic N) is 5. The molecule has 7 nitrogen and oxygen atoms in total. The molecule has 0 spiro atoms. The minimum Gasteiger partial charge on any atom is -0.378 e. The molecule has 1 unspecified atom stereocenters. The molecule has 164 valence electrons. The molecule has 2 heterocycles. The summed E-state index contributed by atoms with van der Waals surface area (Å²) in [5.41, 5.74) is 6.26. The zero-order chi connectivity index (χ0) is 21.9. The predicted molar refractivity (Wildman–Crippen MR) is 113 cm³/mol. The highest BCUT2D eigenvalue weighted by Gasteiger charge is 2.53. The third-order valence-electron chi connectivity index (χ3n) is 5.45. The van der Waals surface area contributed by atoms with Gasteiger partial charge in [-0.2, -0.15) is 28.1 Å². The second-order valence-corrected chi connectivity index (χ2v) is 8.14. The lowest BCUT2D eigenvalue weighted by atomic mass is 9.81. The number of hydrogen-bond donors (Lipinski definition) is 2. The van der Waals surface area contributed by atoms with E-state index in [-0.39, 0.29) is 30.8 Å². The second-order valence-electron chi connectivity index (χ2n) is 8.14. The molecule has 1 atom stereocenters. The Morgan fingerprint density at radius 3 is 2.50 bits per heavy atom. The first-order chi connectivity index (χ1) is 14.1. The molecule has 0 amide bonds. The highest BCUT2D eigenvalue weighted by atomic mass is 19.4. The fourth-order valence-electron chi connectivity index (χ4n) is 3.52. The van der Waals surface area contributed by atoms with Gasteiger partial charge in [-0.05, 0) is 43.9 Å². The highest BCUT2D eigenvalue weighted by Crippen LogP contribution is 2.44. The number of piperidine rings is 1. The van der Waals surface area contributed by atoms with Crippen LogP contribution in [0.15, 0.2) is 24.3 Å². The fourth-order valence-corrected chi connectivity index (χ4v) is 3.52. The van der Waals surface area contributed by atoms with Crippen LogP contribution in [0.5, 0.6) is 0 Å². The Kier molecular flexibility index (Phi) is 6.23. The summed E-state index contributed by atoms with van der Waals surface area (Å²) in [6, 6.07) is 8.19. The van der Waals surface area contributed by atoms with Gasteiger partial charge in [0.1, 0.15) is 0 Å². The van der Waals surface area contributed by atoms with Crippen molar-refractivity contribution in [1.29, 1.82) is 0 Å². The number of anilines is 4. The van der Waals surface area contributed by atoms with Crippen molar-refractivity contribution in [3.63, 3.8) is 0 Å². The Balaban J connectivity index is 1.65. The molecule has 1 aliphatic rings. The lowest BCUT2D eigenvalue weighted by molar-refractivity contribution is -0.219. The van der Waals surface area contributed by atoms with Crippen molar-refractivity contribution >= 4 is 23.5 Å². The molecule has 30 heavy (non-hydrogen) atoms. The van der Waals surface area contributed by atoms with Crippen molar-refractivity contribution in [3.05, 3.63) is 29.8 Å². The van der Waals surface area contributed by atoms with Gasteiger partial charge in [0, 0.05) is 39.4 Å². The van der Waals surface area contributed by atoms with Crippen LogP contribution in [0, 0.1) is 5.41 Å². The topological polar surface area (TPSA) is 83.2 Å². The van der Waals surface area contributed by atoms with Crippen LogP contribution < -0.4 is 20.9 Å². The standard InChI is InChI=1S/C20H28F3N7/c1-19(20(21,22)23)10-4-12-30(13-19)18-27-16(24)26-17(28-18)25-11-9-14-5-7-15(8-6-14)29(2)3/h5-8H,4,9-13H2,1-3H3,(H3,24,25,26,27,28). The number of aromatic nitrogens is 3. The molecule has 10 heteroatoms. The Bertz CT molecular complexity index is 854. The van der Waals surface area contributed by atoms with E-state index in [2.05, 4.69) is 32.4 Å². The monoisotopic (exact) mass is 423 g/mol. The number of benzene rings is 1. The summed E-state index contributed by atoms with van der Waals surface area (Å²) in [5.74, 6) is 0.425. The maximum Gasteiger partial charge on any atom is 0.395 e. The number of nitrogens with two attached hydrogens (primary N) is 1.